The van der Waals surface area contributed by atoms with E-state index < -0.39 is 10.0 Å². The zero-order valence-electron chi connectivity index (χ0n) is 12.5. The highest BCUT2D eigenvalue weighted by Gasteiger charge is 2.28. The van der Waals surface area contributed by atoms with Gasteiger partial charge in [-0.3, -0.25) is 9.89 Å². The highest BCUT2D eigenvalue weighted by molar-refractivity contribution is 7.89. The molecule has 2 heterocycles. The molecule has 2 N–H and O–H groups in total. The van der Waals surface area contributed by atoms with Crippen LogP contribution in [0.3, 0.4) is 0 Å². The van der Waals surface area contributed by atoms with Crippen molar-refractivity contribution in [1.82, 2.24) is 19.8 Å². The van der Waals surface area contributed by atoms with Crippen LogP contribution in [0.25, 0.3) is 0 Å². The molecule has 0 aliphatic carbocycles. The van der Waals surface area contributed by atoms with E-state index in [2.05, 4.69) is 14.9 Å². The second kappa shape index (κ2) is 6.51. The van der Waals surface area contributed by atoms with Gasteiger partial charge >= 0.3 is 0 Å². The summed E-state index contributed by atoms with van der Waals surface area (Å²) < 4.78 is 27.4. The van der Waals surface area contributed by atoms with Crippen molar-refractivity contribution in [3.8, 4) is 0 Å². The second-order valence-corrected chi connectivity index (χ2v) is 7.21. The van der Waals surface area contributed by atoms with Crippen LogP contribution in [-0.4, -0.2) is 48.6 Å². The minimum absolute atomic E-state index is 0.161. The molecule has 2 aromatic rings. The molecule has 1 aliphatic rings. The van der Waals surface area contributed by atoms with Gasteiger partial charge in [0.2, 0.25) is 10.0 Å². The molecule has 0 unspecified atom stereocenters. The van der Waals surface area contributed by atoms with E-state index in [1.54, 1.807) is 41.3 Å². The maximum absolute atomic E-state index is 12.4. The summed E-state index contributed by atoms with van der Waals surface area (Å²) in [5.74, 6) is -0.161. The van der Waals surface area contributed by atoms with Crippen molar-refractivity contribution in [3.63, 3.8) is 0 Å². The van der Waals surface area contributed by atoms with Gasteiger partial charge in [-0.1, -0.05) is 18.2 Å². The number of hydrogen-bond donors (Lipinski definition) is 2. The fourth-order valence-electron chi connectivity index (χ4n) is 2.69. The van der Waals surface area contributed by atoms with Gasteiger partial charge in [0.05, 0.1) is 4.90 Å². The van der Waals surface area contributed by atoms with Gasteiger partial charge in [0, 0.05) is 25.3 Å². The minimum atomic E-state index is -3.57. The largest absolute Gasteiger partial charge is 0.336 e. The summed E-state index contributed by atoms with van der Waals surface area (Å²) in [4.78, 5) is 14.2. The number of rotatable bonds is 4. The standard InChI is InChI=1S/C15H18N4O3S/c20-15(14-8-9-16-17-14)19-10-4-5-12(11-19)18-23(21,22)13-6-2-1-3-7-13/h1-3,6-9,12,18H,4-5,10-11H2,(H,16,17)/t12-/m1/s1. The van der Waals surface area contributed by atoms with Crippen LogP contribution in [0, 0.1) is 0 Å². The fraction of sp³-hybridized carbons (Fsp3) is 0.333. The molecule has 122 valence electrons. The zero-order chi connectivity index (χ0) is 16.3. The topological polar surface area (TPSA) is 95.2 Å². The number of piperidine rings is 1. The molecular formula is C15H18N4O3S. The monoisotopic (exact) mass is 334 g/mol. The lowest BCUT2D eigenvalue weighted by atomic mass is 10.1. The first-order chi connectivity index (χ1) is 11.1. The van der Waals surface area contributed by atoms with Crippen molar-refractivity contribution in [2.45, 2.75) is 23.8 Å². The third-order valence-electron chi connectivity index (χ3n) is 3.82. The van der Waals surface area contributed by atoms with Crippen molar-refractivity contribution in [2.75, 3.05) is 13.1 Å². The van der Waals surface area contributed by atoms with Crippen molar-refractivity contribution < 1.29 is 13.2 Å². The van der Waals surface area contributed by atoms with Crippen LogP contribution >= 0.6 is 0 Å². The van der Waals surface area contributed by atoms with Crippen molar-refractivity contribution in [3.05, 3.63) is 48.3 Å². The Hall–Kier alpha value is -2.19. The van der Waals surface area contributed by atoms with Crippen LogP contribution in [-0.2, 0) is 10.0 Å². The molecular weight excluding hydrogens is 316 g/mol. The Balaban J connectivity index is 1.68. The van der Waals surface area contributed by atoms with Crippen molar-refractivity contribution >= 4 is 15.9 Å². The van der Waals surface area contributed by atoms with E-state index in [1.807, 2.05) is 0 Å². The van der Waals surface area contributed by atoms with Gasteiger partial charge in [0.15, 0.2) is 0 Å². The normalized spacial score (nSPS) is 18.8. The molecule has 1 saturated heterocycles. The van der Waals surface area contributed by atoms with Crippen LogP contribution in [0.4, 0.5) is 0 Å². The number of nitrogens with one attached hydrogen (secondary N) is 2. The molecule has 8 heteroatoms. The molecule has 1 aromatic heterocycles. The highest BCUT2D eigenvalue weighted by Crippen LogP contribution is 2.16. The number of aromatic amines is 1. The van der Waals surface area contributed by atoms with Crippen LogP contribution in [0.1, 0.15) is 23.3 Å². The summed E-state index contributed by atoms with van der Waals surface area (Å²) in [6.45, 7) is 0.964. The predicted molar refractivity (Wildman–Crippen MR) is 84.3 cm³/mol. The first-order valence-corrected chi connectivity index (χ1v) is 8.90. The zero-order valence-corrected chi connectivity index (χ0v) is 13.3. The molecule has 0 spiro atoms. The number of H-pyrrole nitrogens is 1. The van der Waals surface area contributed by atoms with E-state index in [1.165, 1.54) is 6.20 Å². The van der Waals surface area contributed by atoms with Crippen LogP contribution in [0.15, 0.2) is 47.5 Å². The number of amides is 1. The lowest BCUT2D eigenvalue weighted by Crippen LogP contribution is -2.49. The van der Waals surface area contributed by atoms with Gasteiger partial charge in [0.1, 0.15) is 5.69 Å². The van der Waals surface area contributed by atoms with Gasteiger partial charge in [-0.15, -0.1) is 0 Å². The Bertz CT molecular complexity index is 759. The van der Waals surface area contributed by atoms with E-state index in [9.17, 15) is 13.2 Å². The number of hydrogen-bond acceptors (Lipinski definition) is 4. The summed E-state index contributed by atoms with van der Waals surface area (Å²) in [5, 5.41) is 6.42. The molecule has 3 rings (SSSR count). The Morgan fingerprint density at radius 3 is 2.74 bits per heavy atom. The van der Waals surface area contributed by atoms with Gasteiger partial charge in [-0.05, 0) is 31.0 Å². The van der Waals surface area contributed by atoms with Gasteiger partial charge in [-0.2, -0.15) is 5.10 Å². The Morgan fingerprint density at radius 2 is 2.04 bits per heavy atom. The van der Waals surface area contributed by atoms with Crippen LogP contribution in [0.5, 0.6) is 0 Å². The van der Waals surface area contributed by atoms with Gasteiger partial charge in [-0.25, -0.2) is 13.1 Å². The summed E-state index contributed by atoms with van der Waals surface area (Å²) in [5.41, 5.74) is 0.413. The van der Waals surface area contributed by atoms with Gasteiger partial charge < -0.3 is 4.90 Å². The van der Waals surface area contributed by atoms with Crippen molar-refractivity contribution in [1.29, 1.82) is 0 Å². The van der Waals surface area contributed by atoms with E-state index in [-0.39, 0.29) is 16.8 Å². The maximum Gasteiger partial charge on any atom is 0.271 e. The number of carbonyl (C=O) groups is 1. The lowest BCUT2D eigenvalue weighted by molar-refractivity contribution is 0.0697. The third kappa shape index (κ3) is 3.59. The van der Waals surface area contributed by atoms with Gasteiger partial charge in [0.25, 0.3) is 5.91 Å². The van der Waals surface area contributed by atoms with Crippen LogP contribution < -0.4 is 4.72 Å². The number of benzene rings is 1. The molecule has 7 nitrogen and oxygen atoms in total. The molecule has 0 radical (unpaired) electrons. The quantitative estimate of drug-likeness (QED) is 0.872. The summed E-state index contributed by atoms with van der Waals surface area (Å²) in [7, 11) is -3.57. The van der Waals surface area contributed by atoms with E-state index in [4.69, 9.17) is 0 Å². The molecule has 23 heavy (non-hydrogen) atoms. The molecule has 1 aromatic carbocycles. The Labute approximate surface area is 134 Å². The molecule has 1 fully saturated rings. The Morgan fingerprint density at radius 1 is 1.26 bits per heavy atom. The summed E-state index contributed by atoms with van der Waals surface area (Å²) in [6.07, 6.45) is 2.98. The number of likely N-dealkylation sites (tertiary alicyclic amines) is 1. The average molecular weight is 334 g/mol. The van der Waals surface area contributed by atoms with Crippen LogP contribution in [0.2, 0.25) is 0 Å². The first kappa shape index (κ1) is 15.7. The van der Waals surface area contributed by atoms with Crippen molar-refractivity contribution in [2.24, 2.45) is 0 Å². The molecule has 1 atom stereocenters. The Kier molecular flexibility index (Phi) is 4.44. The highest BCUT2D eigenvalue weighted by atomic mass is 32.2. The average Bonchev–Trinajstić information content (AvgIpc) is 3.09. The SMILES string of the molecule is O=C(c1ccn[nH]1)N1CCC[C@@H](NS(=O)(=O)c2ccccc2)C1. The number of nitrogens with zero attached hydrogens (tertiary/aromatic N) is 2. The predicted octanol–water partition coefficient (Wildman–Crippen LogP) is 0.993. The van der Waals surface area contributed by atoms with E-state index in [0.29, 0.717) is 25.2 Å². The molecule has 1 amide bonds. The second-order valence-electron chi connectivity index (χ2n) is 5.49. The maximum atomic E-state index is 12.4. The van der Waals surface area contributed by atoms with E-state index >= 15 is 0 Å². The minimum Gasteiger partial charge on any atom is -0.336 e. The number of sulfonamides is 1. The molecule has 0 bridgehead atoms. The molecule has 0 saturated carbocycles. The smallest absolute Gasteiger partial charge is 0.271 e. The van der Waals surface area contributed by atoms with E-state index in [0.717, 1.165) is 6.42 Å². The number of carbonyl (C=O) groups excluding carboxylic acids is 1. The first-order valence-electron chi connectivity index (χ1n) is 7.42. The lowest BCUT2D eigenvalue weighted by Gasteiger charge is -2.32. The summed E-state index contributed by atoms with van der Waals surface area (Å²) in [6, 6.07) is 9.57. The fourth-order valence-corrected chi connectivity index (χ4v) is 3.97. The summed E-state index contributed by atoms with van der Waals surface area (Å²) >= 11 is 0. The number of aromatic nitrogens is 2. The third-order valence-corrected chi connectivity index (χ3v) is 5.35. The molecule has 1 aliphatic heterocycles.